The molecule has 0 spiro atoms. The van der Waals surface area contributed by atoms with Gasteiger partial charge in [0, 0.05) is 17.1 Å². The van der Waals surface area contributed by atoms with Crippen molar-refractivity contribution in [2.75, 3.05) is 0 Å². The van der Waals surface area contributed by atoms with Crippen molar-refractivity contribution in [2.24, 2.45) is 5.73 Å². The van der Waals surface area contributed by atoms with E-state index in [1.165, 1.54) is 0 Å². The number of hydrogen-bond donors (Lipinski definition) is 1. The molecule has 0 aliphatic heterocycles. The highest BCUT2D eigenvalue weighted by molar-refractivity contribution is 5.84. The van der Waals surface area contributed by atoms with E-state index in [0.717, 1.165) is 22.9 Å². The Labute approximate surface area is 95.5 Å². The van der Waals surface area contributed by atoms with Gasteiger partial charge < -0.3 is 5.73 Å². The molecule has 1 unspecified atom stereocenters. The van der Waals surface area contributed by atoms with Gasteiger partial charge in [0.05, 0.1) is 11.6 Å². The second-order valence-corrected chi connectivity index (χ2v) is 3.66. The molecule has 16 heavy (non-hydrogen) atoms. The number of benzene rings is 1. The Balaban J connectivity index is 2.47. The molecule has 1 heterocycles. The first-order valence-corrected chi connectivity index (χ1v) is 5.42. The molecule has 0 saturated heterocycles. The van der Waals surface area contributed by atoms with Crippen molar-refractivity contribution in [3.63, 3.8) is 0 Å². The first kappa shape index (κ1) is 10.7. The molecule has 0 aliphatic rings. The van der Waals surface area contributed by atoms with Crippen LogP contribution in [0.25, 0.3) is 10.9 Å². The van der Waals surface area contributed by atoms with Crippen LogP contribution in [0.5, 0.6) is 0 Å². The molecule has 1 aromatic heterocycles. The van der Waals surface area contributed by atoms with Gasteiger partial charge in [-0.3, -0.25) is 4.98 Å². The quantitative estimate of drug-likeness (QED) is 0.734. The Morgan fingerprint density at radius 2 is 2.19 bits per heavy atom. The molecular weight excluding hydrogens is 196 g/mol. The smallest absolute Gasteiger partial charge is 0.0714 e. The lowest BCUT2D eigenvalue weighted by atomic mass is 10.1. The predicted octanol–water partition coefficient (Wildman–Crippen LogP) is 2.32. The molecule has 0 amide bonds. The fraction of sp³-hybridized carbons (Fsp3) is 0.214. The zero-order chi connectivity index (χ0) is 11.4. The van der Waals surface area contributed by atoms with Crippen LogP contribution in [0.2, 0.25) is 0 Å². The van der Waals surface area contributed by atoms with Crippen molar-refractivity contribution in [3.05, 3.63) is 42.1 Å². The molecule has 1 aromatic carbocycles. The highest BCUT2D eigenvalue weighted by Gasteiger charge is 1.98. The van der Waals surface area contributed by atoms with Gasteiger partial charge in [-0.15, -0.1) is 0 Å². The van der Waals surface area contributed by atoms with Crippen LogP contribution in [-0.2, 0) is 0 Å². The zero-order valence-corrected chi connectivity index (χ0v) is 9.27. The Morgan fingerprint density at radius 1 is 1.31 bits per heavy atom. The second-order valence-electron chi connectivity index (χ2n) is 3.66. The fourth-order valence-corrected chi connectivity index (χ4v) is 1.48. The van der Waals surface area contributed by atoms with Crippen molar-refractivity contribution >= 4 is 10.9 Å². The van der Waals surface area contributed by atoms with Crippen molar-refractivity contribution in [3.8, 4) is 11.8 Å². The van der Waals surface area contributed by atoms with E-state index in [4.69, 9.17) is 5.73 Å². The van der Waals surface area contributed by atoms with Gasteiger partial charge in [0.1, 0.15) is 0 Å². The molecule has 2 N–H and O–H groups in total. The Hall–Kier alpha value is -1.85. The molecule has 0 aliphatic carbocycles. The van der Waals surface area contributed by atoms with Crippen LogP contribution >= 0.6 is 0 Å². The van der Waals surface area contributed by atoms with Crippen LogP contribution in [-0.4, -0.2) is 11.0 Å². The summed E-state index contributed by atoms with van der Waals surface area (Å²) < 4.78 is 0. The summed E-state index contributed by atoms with van der Waals surface area (Å²) in [6.45, 7) is 2.03. The van der Waals surface area contributed by atoms with Crippen molar-refractivity contribution in [2.45, 2.75) is 19.4 Å². The fourth-order valence-electron chi connectivity index (χ4n) is 1.48. The number of pyridine rings is 1. The standard InChI is InChI=1S/C14H14N2/c1-2-12(15)9-8-11-5-3-7-14-13(11)6-4-10-16-14/h3-7,10,12H,2,15H2,1H3. The van der Waals surface area contributed by atoms with Gasteiger partial charge in [-0.05, 0) is 24.6 Å². The van der Waals surface area contributed by atoms with Crippen LogP contribution < -0.4 is 5.73 Å². The molecular formula is C14H14N2. The minimum Gasteiger partial charge on any atom is -0.318 e. The molecule has 2 rings (SSSR count). The number of nitrogens with two attached hydrogens (primary N) is 1. The average molecular weight is 210 g/mol. The highest BCUT2D eigenvalue weighted by atomic mass is 14.6. The maximum absolute atomic E-state index is 5.78. The SMILES string of the molecule is CCC(N)C#Cc1cccc2ncccc12. The molecule has 1 atom stereocenters. The third-order valence-electron chi connectivity index (χ3n) is 2.48. The summed E-state index contributed by atoms with van der Waals surface area (Å²) in [7, 11) is 0. The summed E-state index contributed by atoms with van der Waals surface area (Å²) in [5, 5.41) is 1.08. The van der Waals surface area contributed by atoms with Crippen LogP contribution in [0.3, 0.4) is 0 Å². The van der Waals surface area contributed by atoms with E-state index in [9.17, 15) is 0 Å². The lowest BCUT2D eigenvalue weighted by molar-refractivity contribution is 0.806. The van der Waals surface area contributed by atoms with Crippen molar-refractivity contribution < 1.29 is 0 Å². The lowest BCUT2D eigenvalue weighted by Crippen LogP contribution is -2.15. The van der Waals surface area contributed by atoms with Gasteiger partial charge in [-0.2, -0.15) is 0 Å². The summed E-state index contributed by atoms with van der Waals surface area (Å²) in [5.41, 5.74) is 7.74. The second kappa shape index (κ2) is 4.78. The molecule has 80 valence electrons. The van der Waals surface area contributed by atoms with Crippen LogP contribution in [0.1, 0.15) is 18.9 Å². The summed E-state index contributed by atoms with van der Waals surface area (Å²) >= 11 is 0. The van der Waals surface area contributed by atoms with E-state index in [0.29, 0.717) is 0 Å². The highest BCUT2D eigenvalue weighted by Crippen LogP contribution is 2.14. The van der Waals surface area contributed by atoms with Gasteiger partial charge in [-0.1, -0.05) is 30.9 Å². The van der Waals surface area contributed by atoms with Gasteiger partial charge in [0.15, 0.2) is 0 Å². The first-order valence-electron chi connectivity index (χ1n) is 5.42. The van der Waals surface area contributed by atoms with Crippen LogP contribution in [0, 0.1) is 11.8 Å². The van der Waals surface area contributed by atoms with E-state index in [1.807, 2.05) is 37.3 Å². The number of fused-ring (bicyclic) bond motifs is 1. The topological polar surface area (TPSA) is 38.9 Å². The van der Waals surface area contributed by atoms with Gasteiger partial charge in [0.25, 0.3) is 0 Å². The lowest BCUT2D eigenvalue weighted by Gasteiger charge is -1.99. The maximum Gasteiger partial charge on any atom is 0.0714 e. The number of nitrogens with zero attached hydrogens (tertiary/aromatic N) is 1. The monoisotopic (exact) mass is 210 g/mol. The van der Waals surface area contributed by atoms with E-state index in [1.54, 1.807) is 6.20 Å². The van der Waals surface area contributed by atoms with Crippen LogP contribution in [0.4, 0.5) is 0 Å². The van der Waals surface area contributed by atoms with E-state index >= 15 is 0 Å². The first-order chi connectivity index (χ1) is 7.81. The number of hydrogen-bond acceptors (Lipinski definition) is 2. The summed E-state index contributed by atoms with van der Waals surface area (Å²) in [5.74, 6) is 6.16. The van der Waals surface area contributed by atoms with Gasteiger partial charge in [-0.25, -0.2) is 0 Å². The molecule has 0 fully saturated rings. The summed E-state index contributed by atoms with van der Waals surface area (Å²) in [6, 6.07) is 9.86. The predicted molar refractivity (Wildman–Crippen MR) is 66.9 cm³/mol. The van der Waals surface area contributed by atoms with E-state index < -0.39 is 0 Å². The van der Waals surface area contributed by atoms with E-state index in [-0.39, 0.29) is 6.04 Å². The number of aromatic nitrogens is 1. The molecule has 0 bridgehead atoms. The molecule has 0 radical (unpaired) electrons. The normalized spacial score (nSPS) is 11.9. The summed E-state index contributed by atoms with van der Waals surface area (Å²) in [4.78, 5) is 4.29. The largest absolute Gasteiger partial charge is 0.318 e. The van der Waals surface area contributed by atoms with Gasteiger partial charge >= 0.3 is 0 Å². The van der Waals surface area contributed by atoms with Crippen LogP contribution in [0.15, 0.2) is 36.5 Å². The Kier molecular flexibility index (Phi) is 3.19. The maximum atomic E-state index is 5.78. The van der Waals surface area contributed by atoms with Crippen molar-refractivity contribution in [1.82, 2.24) is 4.98 Å². The zero-order valence-electron chi connectivity index (χ0n) is 9.27. The minimum absolute atomic E-state index is 0.0491. The Bertz CT molecular complexity index is 544. The summed E-state index contributed by atoms with van der Waals surface area (Å²) in [6.07, 6.45) is 2.66. The molecule has 2 nitrogen and oxygen atoms in total. The molecule has 0 saturated carbocycles. The Morgan fingerprint density at radius 3 is 3.00 bits per heavy atom. The van der Waals surface area contributed by atoms with Crippen molar-refractivity contribution in [1.29, 1.82) is 0 Å². The minimum atomic E-state index is -0.0491. The van der Waals surface area contributed by atoms with Gasteiger partial charge in [0.2, 0.25) is 0 Å². The molecule has 2 aromatic rings. The van der Waals surface area contributed by atoms with E-state index in [2.05, 4.69) is 16.8 Å². The molecule has 2 heteroatoms. The third kappa shape index (κ3) is 2.21. The third-order valence-corrected chi connectivity index (χ3v) is 2.48. The number of rotatable bonds is 1. The average Bonchev–Trinajstić information content (AvgIpc) is 2.35.